The third kappa shape index (κ3) is 9.03. The van der Waals surface area contributed by atoms with Crippen LogP contribution in [0.4, 0.5) is 0 Å². The Kier molecular flexibility index (Phi) is 10.1. The van der Waals surface area contributed by atoms with Crippen molar-refractivity contribution in [1.29, 1.82) is 0 Å². The molecule has 0 fully saturated rings. The van der Waals surface area contributed by atoms with Crippen LogP contribution in [0.1, 0.15) is 6.92 Å². The largest absolute Gasteiger partial charge is 0.379 e. The fourth-order valence-electron chi connectivity index (χ4n) is 1.61. The smallest absolute Gasteiger partial charge is 0.243 e. The van der Waals surface area contributed by atoms with Crippen molar-refractivity contribution in [3.8, 4) is 0 Å². The average molecular weight is 287 g/mol. The summed E-state index contributed by atoms with van der Waals surface area (Å²) in [4.78, 5) is 0. The summed E-state index contributed by atoms with van der Waals surface area (Å²) >= 11 is 0. The highest BCUT2D eigenvalue weighted by Crippen LogP contribution is 1.86. The number of imidazole rings is 1. The molecule has 20 heavy (non-hydrogen) atoms. The Bertz CT molecular complexity index is 331. The summed E-state index contributed by atoms with van der Waals surface area (Å²) in [7, 11) is 2.00. The summed E-state index contributed by atoms with van der Waals surface area (Å²) < 4.78 is 25.5. The minimum absolute atomic E-state index is 0.600. The molecule has 0 unspecified atom stereocenters. The van der Waals surface area contributed by atoms with Gasteiger partial charge in [-0.15, -0.1) is 0 Å². The third-order valence-corrected chi connectivity index (χ3v) is 2.64. The first-order valence-electron chi connectivity index (χ1n) is 7.15. The van der Waals surface area contributed by atoms with Crippen LogP contribution < -0.4 is 4.57 Å². The highest BCUT2D eigenvalue weighted by atomic mass is 16.6. The molecule has 0 aliphatic carbocycles. The van der Waals surface area contributed by atoms with Gasteiger partial charge >= 0.3 is 0 Å². The van der Waals surface area contributed by atoms with E-state index in [9.17, 15) is 0 Å². The molecular weight excluding hydrogens is 260 g/mol. The first-order chi connectivity index (χ1) is 9.83. The van der Waals surface area contributed by atoms with Gasteiger partial charge in [-0.2, -0.15) is 0 Å². The maximum absolute atomic E-state index is 5.49. The second kappa shape index (κ2) is 11.8. The van der Waals surface area contributed by atoms with E-state index in [1.807, 2.05) is 37.3 Å². The monoisotopic (exact) mass is 287 g/mol. The third-order valence-electron chi connectivity index (χ3n) is 2.64. The summed E-state index contributed by atoms with van der Waals surface area (Å²) in [5.74, 6) is 0. The predicted octanol–water partition coefficient (Wildman–Crippen LogP) is 0.399. The molecule has 0 aliphatic heterocycles. The van der Waals surface area contributed by atoms with Gasteiger partial charge in [0, 0.05) is 6.61 Å². The van der Waals surface area contributed by atoms with Gasteiger partial charge in [-0.1, -0.05) is 0 Å². The SMILES string of the molecule is CCOCCOCCOCCOCCn1cc[n+](C)c1. The molecule has 0 radical (unpaired) electrons. The molecule has 1 aromatic rings. The van der Waals surface area contributed by atoms with Crippen molar-refractivity contribution in [3.63, 3.8) is 0 Å². The van der Waals surface area contributed by atoms with Crippen LogP contribution in [0.15, 0.2) is 18.7 Å². The van der Waals surface area contributed by atoms with Gasteiger partial charge in [0.05, 0.1) is 53.3 Å². The zero-order valence-electron chi connectivity index (χ0n) is 12.6. The van der Waals surface area contributed by atoms with E-state index in [-0.39, 0.29) is 0 Å². The molecule has 0 aromatic carbocycles. The van der Waals surface area contributed by atoms with Crippen LogP contribution >= 0.6 is 0 Å². The minimum Gasteiger partial charge on any atom is -0.379 e. The Morgan fingerprint density at radius 3 is 1.90 bits per heavy atom. The fraction of sp³-hybridized carbons (Fsp3) is 0.786. The first-order valence-corrected chi connectivity index (χ1v) is 7.15. The summed E-state index contributed by atoms with van der Waals surface area (Å²) in [5.41, 5.74) is 0. The van der Waals surface area contributed by atoms with Gasteiger partial charge < -0.3 is 18.9 Å². The van der Waals surface area contributed by atoms with Crippen molar-refractivity contribution in [2.24, 2.45) is 7.05 Å². The summed E-state index contributed by atoms with van der Waals surface area (Å²) in [5, 5.41) is 0. The predicted molar refractivity (Wildman–Crippen MR) is 74.6 cm³/mol. The topological polar surface area (TPSA) is 45.7 Å². The minimum atomic E-state index is 0.600. The van der Waals surface area contributed by atoms with E-state index in [0.717, 1.165) is 13.2 Å². The Labute approximate surface area is 121 Å². The second-order valence-electron chi connectivity index (χ2n) is 4.35. The van der Waals surface area contributed by atoms with Crippen LogP contribution in [0.3, 0.4) is 0 Å². The van der Waals surface area contributed by atoms with Gasteiger partial charge in [-0.3, -0.25) is 0 Å². The lowest BCUT2D eigenvalue weighted by Crippen LogP contribution is -2.24. The number of nitrogens with zero attached hydrogens (tertiary/aromatic N) is 2. The number of aryl methyl sites for hydroxylation is 1. The Morgan fingerprint density at radius 1 is 0.850 bits per heavy atom. The molecule has 1 heterocycles. The van der Waals surface area contributed by atoms with E-state index in [4.69, 9.17) is 18.9 Å². The zero-order chi connectivity index (χ0) is 14.5. The van der Waals surface area contributed by atoms with Crippen LogP contribution in [0.25, 0.3) is 0 Å². The molecule has 6 nitrogen and oxygen atoms in total. The maximum Gasteiger partial charge on any atom is 0.243 e. The zero-order valence-corrected chi connectivity index (χ0v) is 12.6. The van der Waals surface area contributed by atoms with E-state index < -0.39 is 0 Å². The van der Waals surface area contributed by atoms with E-state index >= 15 is 0 Å². The molecule has 0 saturated heterocycles. The average Bonchev–Trinajstić information content (AvgIpc) is 2.86. The molecule has 1 rings (SSSR count). The quantitative estimate of drug-likeness (QED) is 0.389. The van der Waals surface area contributed by atoms with Crippen molar-refractivity contribution in [3.05, 3.63) is 18.7 Å². The van der Waals surface area contributed by atoms with Gasteiger partial charge in [-0.05, 0) is 6.92 Å². The summed E-state index contributed by atoms with van der Waals surface area (Å²) in [6.45, 7) is 7.97. The lowest BCUT2D eigenvalue weighted by Gasteiger charge is -2.06. The van der Waals surface area contributed by atoms with Crippen molar-refractivity contribution in [2.75, 3.05) is 52.9 Å². The second-order valence-corrected chi connectivity index (χ2v) is 4.35. The fourth-order valence-corrected chi connectivity index (χ4v) is 1.61. The molecule has 0 atom stereocenters. The molecule has 1 aromatic heterocycles. The molecule has 116 valence electrons. The highest BCUT2D eigenvalue weighted by molar-refractivity contribution is 4.65. The van der Waals surface area contributed by atoms with Gasteiger partial charge in [0.1, 0.15) is 18.9 Å². The van der Waals surface area contributed by atoms with Crippen molar-refractivity contribution in [2.45, 2.75) is 13.5 Å². The molecule has 0 spiro atoms. The van der Waals surface area contributed by atoms with Crippen LogP contribution in [0.2, 0.25) is 0 Å². The maximum atomic E-state index is 5.49. The van der Waals surface area contributed by atoms with Crippen molar-refractivity contribution in [1.82, 2.24) is 4.57 Å². The molecule has 0 N–H and O–H groups in total. The number of hydrogen-bond acceptors (Lipinski definition) is 4. The number of rotatable bonds is 13. The molecule has 0 saturated carbocycles. The van der Waals surface area contributed by atoms with E-state index in [1.165, 1.54) is 0 Å². The Hall–Kier alpha value is -0.950. The molecule has 0 amide bonds. The molecular formula is C14H27N2O4+. The van der Waals surface area contributed by atoms with Crippen LogP contribution in [-0.4, -0.2) is 57.4 Å². The van der Waals surface area contributed by atoms with Crippen LogP contribution in [0.5, 0.6) is 0 Å². The van der Waals surface area contributed by atoms with Gasteiger partial charge in [0.25, 0.3) is 0 Å². The lowest BCUT2D eigenvalue weighted by molar-refractivity contribution is -0.671. The highest BCUT2D eigenvalue weighted by Gasteiger charge is 1.99. The van der Waals surface area contributed by atoms with Crippen LogP contribution in [0, 0.1) is 0 Å². The Morgan fingerprint density at radius 2 is 1.40 bits per heavy atom. The van der Waals surface area contributed by atoms with Crippen molar-refractivity contribution >= 4 is 0 Å². The van der Waals surface area contributed by atoms with Gasteiger partial charge in [0.15, 0.2) is 0 Å². The number of hydrogen-bond donors (Lipinski definition) is 0. The molecule has 0 aliphatic rings. The summed E-state index contributed by atoms with van der Waals surface area (Å²) in [6.07, 6.45) is 6.06. The molecule has 6 heteroatoms. The Balaban J connectivity index is 1.76. The number of ether oxygens (including phenoxy) is 4. The van der Waals surface area contributed by atoms with E-state index in [0.29, 0.717) is 46.2 Å². The number of aromatic nitrogens is 2. The van der Waals surface area contributed by atoms with E-state index in [1.54, 1.807) is 0 Å². The van der Waals surface area contributed by atoms with Gasteiger partial charge in [-0.25, -0.2) is 9.13 Å². The summed E-state index contributed by atoms with van der Waals surface area (Å²) in [6, 6.07) is 0. The van der Waals surface area contributed by atoms with Crippen LogP contribution in [-0.2, 0) is 32.5 Å². The van der Waals surface area contributed by atoms with Crippen molar-refractivity contribution < 1.29 is 23.5 Å². The lowest BCUT2D eigenvalue weighted by atomic mass is 10.6. The van der Waals surface area contributed by atoms with Gasteiger partial charge in [0.2, 0.25) is 6.33 Å². The first kappa shape index (κ1) is 17.1. The standard InChI is InChI=1S/C14H27N2O4/c1-3-17-8-9-19-12-13-20-11-10-18-7-6-16-5-4-15(2)14-16/h4-5,14H,3,6-13H2,1-2H3/q+1. The molecule has 0 bridgehead atoms. The normalized spacial score (nSPS) is 11.1. The van der Waals surface area contributed by atoms with E-state index in [2.05, 4.69) is 4.57 Å².